The molecule has 0 atom stereocenters. The zero-order valence-electron chi connectivity index (χ0n) is 7.77. The van der Waals surface area contributed by atoms with E-state index in [0.29, 0.717) is 13.1 Å². The highest BCUT2D eigenvalue weighted by molar-refractivity contribution is 5.11. The molecule has 0 aliphatic carbocycles. The first-order chi connectivity index (χ1) is 6.04. The maximum absolute atomic E-state index is 12.1. The van der Waals surface area contributed by atoms with Crippen molar-refractivity contribution in [2.75, 3.05) is 6.54 Å². The van der Waals surface area contributed by atoms with Crippen LogP contribution >= 0.6 is 0 Å². The number of hydrogen-bond donors (Lipinski definition) is 1. The normalized spacial score (nSPS) is 10.1. The third-order valence-corrected chi connectivity index (χ3v) is 1.63. The molecule has 0 bridgehead atoms. The van der Waals surface area contributed by atoms with Crippen molar-refractivity contribution in [1.29, 1.82) is 0 Å². The Morgan fingerprint density at radius 3 is 1.93 bits per heavy atom. The van der Waals surface area contributed by atoms with Crippen LogP contribution in [0.25, 0.3) is 0 Å². The molecule has 2 nitrogen and oxygen atoms in total. The minimum absolute atomic E-state index is 0. The molecule has 0 saturated carbocycles. The Balaban J connectivity index is 0. The number of quaternary nitrogens is 1. The molecule has 88 valence electrons. The SMILES string of the molecule is [Br-].[Br-].[NH3+]CC[n+]1ccc(C(F)(F)F)cc1. The van der Waals surface area contributed by atoms with Crippen LogP contribution in [-0.4, -0.2) is 6.54 Å². The Labute approximate surface area is 107 Å². The summed E-state index contributed by atoms with van der Waals surface area (Å²) in [6.07, 6.45) is -1.43. The molecule has 0 fully saturated rings. The summed E-state index contributed by atoms with van der Waals surface area (Å²) in [6.45, 7) is 1.30. The Hall–Kier alpha value is -0.140. The summed E-state index contributed by atoms with van der Waals surface area (Å²) in [7, 11) is 0. The standard InChI is InChI=1S/C8H10F3N2.2BrH/c9-8(10,11)7-1-4-13(5-2-7)6-3-12;;/h1-2,4-5H,3,6,12H2;2*1H/q+1;;/p-1. The van der Waals surface area contributed by atoms with Crippen molar-refractivity contribution in [2.24, 2.45) is 0 Å². The van der Waals surface area contributed by atoms with E-state index in [-0.39, 0.29) is 34.0 Å². The quantitative estimate of drug-likeness (QED) is 0.515. The van der Waals surface area contributed by atoms with Gasteiger partial charge in [-0.05, 0) is 0 Å². The first kappa shape index (κ1) is 17.3. The number of nitrogens with zero attached hydrogens (tertiary/aromatic N) is 1. The summed E-state index contributed by atoms with van der Waals surface area (Å²) in [6, 6.07) is 2.13. The van der Waals surface area contributed by atoms with E-state index < -0.39 is 11.7 Å². The lowest BCUT2D eigenvalue weighted by molar-refractivity contribution is -0.711. The molecular weight excluding hydrogens is 341 g/mol. The summed E-state index contributed by atoms with van der Waals surface area (Å²) >= 11 is 0. The van der Waals surface area contributed by atoms with Gasteiger partial charge in [0.25, 0.3) is 0 Å². The van der Waals surface area contributed by atoms with Crippen LogP contribution in [0.2, 0.25) is 0 Å². The van der Waals surface area contributed by atoms with Crippen LogP contribution in [0.4, 0.5) is 13.2 Å². The van der Waals surface area contributed by atoms with Crippen molar-refractivity contribution in [3.8, 4) is 0 Å². The zero-order valence-corrected chi connectivity index (χ0v) is 10.9. The van der Waals surface area contributed by atoms with Crippen molar-refractivity contribution in [3.63, 3.8) is 0 Å². The Kier molecular flexibility index (Phi) is 8.27. The number of alkyl halides is 3. The molecule has 15 heavy (non-hydrogen) atoms. The average Bonchev–Trinajstić information content (AvgIpc) is 2.04. The molecule has 1 heterocycles. The van der Waals surface area contributed by atoms with Crippen LogP contribution < -0.4 is 44.3 Å². The first-order valence-electron chi connectivity index (χ1n) is 3.89. The van der Waals surface area contributed by atoms with Gasteiger partial charge in [0.05, 0.1) is 5.56 Å². The molecule has 0 aromatic carbocycles. The van der Waals surface area contributed by atoms with Gasteiger partial charge in [0.15, 0.2) is 18.9 Å². The molecule has 0 radical (unpaired) electrons. The van der Waals surface area contributed by atoms with Crippen LogP contribution in [0.15, 0.2) is 24.5 Å². The van der Waals surface area contributed by atoms with Crippen LogP contribution in [-0.2, 0) is 12.7 Å². The predicted octanol–water partition coefficient (Wildman–Crippen LogP) is -5.76. The second-order valence-corrected chi connectivity index (χ2v) is 2.68. The van der Waals surface area contributed by atoms with E-state index in [2.05, 4.69) is 5.73 Å². The summed E-state index contributed by atoms with van der Waals surface area (Å²) in [5.74, 6) is 0. The van der Waals surface area contributed by atoms with Gasteiger partial charge >= 0.3 is 6.18 Å². The molecule has 0 spiro atoms. The van der Waals surface area contributed by atoms with Gasteiger partial charge in [-0.1, -0.05) is 0 Å². The van der Waals surface area contributed by atoms with E-state index in [1.807, 2.05) is 0 Å². The monoisotopic (exact) mass is 350 g/mol. The van der Waals surface area contributed by atoms with Gasteiger partial charge in [0.1, 0.15) is 6.54 Å². The van der Waals surface area contributed by atoms with E-state index in [0.717, 1.165) is 12.1 Å². The van der Waals surface area contributed by atoms with Crippen LogP contribution in [0, 0.1) is 0 Å². The summed E-state index contributed by atoms with van der Waals surface area (Å²) in [5.41, 5.74) is 2.99. The minimum atomic E-state index is -4.25. The van der Waals surface area contributed by atoms with Gasteiger partial charge in [0, 0.05) is 12.1 Å². The highest BCUT2D eigenvalue weighted by Crippen LogP contribution is 2.27. The number of halogens is 5. The average molecular weight is 352 g/mol. The predicted molar refractivity (Wildman–Crippen MR) is 39.4 cm³/mol. The molecule has 1 rings (SSSR count). The minimum Gasteiger partial charge on any atom is -1.00 e. The van der Waals surface area contributed by atoms with E-state index in [4.69, 9.17) is 0 Å². The van der Waals surface area contributed by atoms with E-state index in [1.54, 1.807) is 4.57 Å². The Morgan fingerprint density at radius 2 is 1.60 bits per heavy atom. The molecule has 0 aliphatic rings. The van der Waals surface area contributed by atoms with E-state index in [9.17, 15) is 13.2 Å². The smallest absolute Gasteiger partial charge is 0.416 e. The second kappa shape index (κ2) is 7.19. The van der Waals surface area contributed by atoms with E-state index >= 15 is 0 Å². The molecule has 3 N–H and O–H groups in total. The van der Waals surface area contributed by atoms with Crippen molar-refractivity contribution >= 4 is 0 Å². The molecule has 1 aromatic rings. The number of rotatable bonds is 2. The topological polar surface area (TPSA) is 31.5 Å². The third kappa shape index (κ3) is 5.48. The van der Waals surface area contributed by atoms with Crippen LogP contribution in [0.3, 0.4) is 0 Å². The van der Waals surface area contributed by atoms with Gasteiger partial charge in [-0.15, -0.1) is 0 Å². The van der Waals surface area contributed by atoms with Crippen LogP contribution in [0.5, 0.6) is 0 Å². The molecule has 0 unspecified atom stereocenters. The first-order valence-corrected chi connectivity index (χ1v) is 3.89. The van der Waals surface area contributed by atoms with Gasteiger partial charge in [-0.2, -0.15) is 17.7 Å². The fourth-order valence-electron chi connectivity index (χ4n) is 0.978. The summed E-state index contributed by atoms with van der Waals surface area (Å²) in [4.78, 5) is 0. The van der Waals surface area contributed by atoms with Gasteiger partial charge in [-0.3, -0.25) is 0 Å². The molecule has 0 aliphatic heterocycles. The van der Waals surface area contributed by atoms with Gasteiger partial charge in [-0.25, -0.2) is 0 Å². The number of pyridine rings is 1. The number of aromatic nitrogens is 1. The Morgan fingerprint density at radius 1 is 1.13 bits per heavy atom. The zero-order chi connectivity index (χ0) is 9.90. The van der Waals surface area contributed by atoms with Gasteiger partial charge < -0.3 is 39.7 Å². The van der Waals surface area contributed by atoms with Crippen molar-refractivity contribution in [1.82, 2.24) is 0 Å². The highest BCUT2D eigenvalue weighted by atomic mass is 79.9. The van der Waals surface area contributed by atoms with Crippen LogP contribution in [0.1, 0.15) is 5.56 Å². The molecule has 0 amide bonds. The summed E-state index contributed by atoms with van der Waals surface area (Å²) < 4.78 is 37.9. The largest absolute Gasteiger partial charge is 1.00 e. The highest BCUT2D eigenvalue weighted by Gasteiger charge is 2.30. The molecule has 1 aromatic heterocycles. The lowest BCUT2D eigenvalue weighted by atomic mass is 10.2. The fourth-order valence-corrected chi connectivity index (χ4v) is 0.978. The van der Waals surface area contributed by atoms with Crippen molar-refractivity contribution in [2.45, 2.75) is 12.7 Å². The lowest BCUT2D eigenvalue weighted by Gasteiger charge is -2.03. The lowest BCUT2D eigenvalue weighted by Crippen LogP contribution is -3.00. The third-order valence-electron chi connectivity index (χ3n) is 1.63. The number of hydrogen-bond acceptors (Lipinski definition) is 0. The van der Waals surface area contributed by atoms with Crippen molar-refractivity contribution < 1.29 is 57.4 Å². The van der Waals surface area contributed by atoms with Gasteiger partial charge in [0.2, 0.25) is 0 Å². The summed E-state index contributed by atoms with van der Waals surface area (Å²) in [5, 5.41) is 0. The second-order valence-electron chi connectivity index (χ2n) is 2.68. The maximum Gasteiger partial charge on any atom is 0.416 e. The molecule has 7 heteroatoms. The molecule has 0 saturated heterocycles. The van der Waals surface area contributed by atoms with E-state index in [1.165, 1.54) is 12.4 Å². The molecular formula is C8H11Br2F3N2. The van der Waals surface area contributed by atoms with Crippen molar-refractivity contribution in [3.05, 3.63) is 30.1 Å². The Bertz CT molecular complexity index is 274. The fraction of sp³-hybridized carbons (Fsp3) is 0.375. The maximum atomic E-state index is 12.1.